The van der Waals surface area contributed by atoms with Crippen molar-refractivity contribution < 1.29 is 4.74 Å². The van der Waals surface area contributed by atoms with Gasteiger partial charge in [-0.05, 0) is 17.5 Å². The number of nitrogens with two attached hydrogens (primary N) is 1. The van der Waals surface area contributed by atoms with Gasteiger partial charge in [0.2, 0.25) is 0 Å². The van der Waals surface area contributed by atoms with E-state index in [2.05, 4.69) is 41.7 Å². The minimum absolute atomic E-state index is 0.145. The monoisotopic (exact) mass is 260 g/mol. The van der Waals surface area contributed by atoms with Crippen molar-refractivity contribution in [1.82, 2.24) is 15.2 Å². The Labute approximate surface area is 113 Å². The minimum Gasteiger partial charge on any atom is -0.493 e. The fourth-order valence-electron chi connectivity index (χ4n) is 2.19. The zero-order chi connectivity index (χ0) is 13.8. The topological polar surface area (TPSA) is 65.1 Å². The van der Waals surface area contributed by atoms with E-state index in [1.54, 1.807) is 18.0 Å². The molecule has 0 radical (unpaired) electrons. The van der Waals surface area contributed by atoms with Gasteiger partial charge in [0, 0.05) is 7.05 Å². The number of benzene rings is 1. The number of methoxy groups -OCH3 is 1. The van der Waals surface area contributed by atoms with Gasteiger partial charge >= 0.3 is 0 Å². The molecular weight excluding hydrogens is 240 g/mol. The van der Waals surface area contributed by atoms with Crippen molar-refractivity contribution in [2.24, 2.45) is 12.9 Å². The van der Waals surface area contributed by atoms with E-state index in [1.165, 1.54) is 5.56 Å². The van der Waals surface area contributed by atoms with Gasteiger partial charge in [-0.2, -0.15) is 5.10 Å². The molecule has 0 amide bonds. The van der Waals surface area contributed by atoms with Crippen molar-refractivity contribution in [3.8, 4) is 5.75 Å². The molecule has 5 heteroatoms. The van der Waals surface area contributed by atoms with E-state index < -0.39 is 0 Å². The lowest BCUT2D eigenvalue weighted by atomic mass is 10.0. The van der Waals surface area contributed by atoms with Gasteiger partial charge in [-0.1, -0.05) is 31.2 Å². The normalized spacial score (nSPS) is 12.4. The Bertz CT molecular complexity index is 533. The maximum Gasteiger partial charge on any atom is 0.161 e. The third-order valence-corrected chi connectivity index (χ3v) is 3.33. The second kappa shape index (κ2) is 5.86. The average Bonchev–Trinajstić information content (AvgIpc) is 2.82. The Morgan fingerprint density at radius 1 is 1.37 bits per heavy atom. The second-order valence-electron chi connectivity index (χ2n) is 4.42. The fraction of sp³-hybridized carbons (Fsp3) is 0.357. The molecule has 19 heavy (non-hydrogen) atoms. The first-order valence-corrected chi connectivity index (χ1v) is 6.32. The number of hydrogen-bond donors (Lipinski definition) is 2. The summed E-state index contributed by atoms with van der Waals surface area (Å²) in [6.07, 6.45) is 2.72. The lowest BCUT2D eigenvalue weighted by Crippen LogP contribution is -2.30. The molecule has 0 saturated carbocycles. The molecule has 3 N–H and O–H groups in total. The van der Waals surface area contributed by atoms with Crippen LogP contribution in [0.5, 0.6) is 5.75 Å². The molecule has 1 aromatic carbocycles. The summed E-state index contributed by atoms with van der Waals surface area (Å²) < 4.78 is 7.11. The molecule has 0 fully saturated rings. The predicted molar refractivity (Wildman–Crippen MR) is 74.7 cm³/mol. The van der Waals surface area contributed by atoms with Crippen molar-refractivity contribution in [3.63, 3.8) is 0 Å². The van der Waals surface area contributed by atoms with E-state index in [0.717, 1.165) is 23.4 Å². The molecule has 1 aromatic heterocycles. The highest BCUT2D eigenvalue weighted by molar-refractivity contribution is 5.37. The van der Waals surface area contributed by atoms with Crippen LogP contribution in [-0.4, -0.2) is 16.9 Å². The van der Waals surface area contributed by atoms with Gasteiger partial charge in [0.05, 0.1) is 19.3 Å². The highest BCUT2D eigenvalue weighted by Gasteiger charge is 2.21. The Morgan fingerprint density at radius 2 is 2.05 bits per heavy atom. The molecule has 1 unspecified atom stereocenters. The Hall–Kier alpha value is -1.85. The Morgan fingerprint density at radius 3 is 2.58 bits per heavy atom. The van der Waals surface area contributed by atoms with Crippen molar-refractivity contribution in [2.45, 2.75) is 19.4 Å². The van der Waals surface area contributed by atoms with Crippen molar-refractivity contribution >= 4 is 0 Å². The van der Waals surface area contributed by atoms with E-state index in [-0.39, 0.29) is 6.04 Å². The smallest absolute Gasteiger partial charge is 0.161 e. The Balaban J connectivity index is 2.40. The van der Waals surface area contributed by atoms with Gasteiger partial charge < -0.3 is 4.74 Å². The molecule has 102 valence electrons. The number of hydrogen-bond acceptors (Lipinski definition) is 4. The zero-order valence-electron chi connectivity index (χ0n) is 11.6. The molecular formula is C14H20N4O. The van der Waals surface area contributed by atoms with Crippen LogP contribution in [0.15, 0.2) is 30.5 Å². The number of hydrazine groups is 1. The summed E-state index contributed by atoms with van der Waals surface area (Å²) >= 11 is 0. The number of nitrogens with zero attached hydrogens (tertiary/aromatic N) is 2. The van der Waals surface area contributed by atoms with Crippen LogP contribution in [0.3, 0.4) is 0 Å². The third kappa shape index (κ3) is 2.62. The van der Waals surface area contributed by atoms with E-state index in [4.69, 9.17) is 10.6 Å². The van der Waals surface area contributed by atoms with Crippen LogP contribution in [0.2, 0.25) is 0 Å². The predicted octanol–water partition coefficient (Wildman–Crippen LogP) is 1.54. The molecule has 2 rings (SSSR count). The van der Waals surface area contributed by atoms with Gasteiger partial charge in [0.25, 0.3) is 0 Å². The second-order valence-corrected chi connectivity index (χ2v) is 4.42. The largest absolute Gasteiger partial charge is 0.493 e. The lowest BCUT2D eigenvalue weighted by molar-refractivity contribution is 0.401. The number of nitrogens with one attached hydrogen (secondary N) is 1. The molecule has 5 nitrogen and oxygen atoms in total. The zero-order valence-corrected chi connectivity index (χ0v) is 11.6. The summed E-state index contributed by atoms with van der Waals surface area (Å²) in [5.74, 6) is 6.44. The molecule has 2 aromatic rings. The van der Waals surface area contributed by atoms with E-state index >= 15 is 0 Å². The molecule has 1 heterocycles. The van der Waals surface area contributed by atoms with Gasteiger partial charge in [-0.3, -0.25) is 10.5 Å². The van der Waals surface area contributed by atoms with Crippen LogP contribution >= 0.6 is 0 Å². The molecule has 0 aliphatic rings. The highest BCUT2D eigenvalue weighted by Crippen LogP contribution is 2.29. The van der Waals surface area contributed by atoms with Crippen LogP contribution in [0, 0.1) is 0 Å². The minimum atomic E-state index is -0.145. The van der Waals surface area contributed by atoms with Crippen LogP contribution in [0.1, 0.15) is 29.8 Å². The molecule has 0 aliphatic carbocycles. The van der Waals surface area contributed by atoms with E-state index in [0.29, 0.717) is 0 Å². The average molecular weight is 260 g/mol. The summed E-state index contributed by atoms with van der Waals surface area (Å²) in [5.41, 5.74) is 6.13. The van der Waals surface area contributed by atoms with Crippen LogP contribution in [0.4, 0.5) is 0 Å². The number of aromatic nitrogens is 2. The summed E-state index contributed by atoms with van der Waals surface area (Å²) in [6, 6.07) is 8.24. The molecule has 1 atom stereocenters. The van der Waals surface area contributed by atoms with Crippen LogP contribution < -0.4 is 16.0 Å². The number of aryl methyl sites for hydroxylation is 2. The maximum absolute atomic E-state index is 5.71. The highest BCUT2D eigenvalue weighted by atomic mass is 16.5. The summed E-state index contributed by atoms with van der Waals surface area (Å²) in [4.78, 5) is 0. The van der Waals surface area contributed by atoms with Gasteiger partial charge in [-0.15, -0.1) is 0 Å². The molecule has 0 aliphatic heterocycles. The van der Waals surface area contributed by atoms with Crippen molar-refractivity contribution in [2.75, 3.05) is 7.11 Å². The van der Waals surface area contributed by atoms with Gasteiger partial charge in [-0.25, -0.2) is 5.43 Å². The maximum atomic E-state index is 5.71. The van der Waals surface area contributed by atoms with E-state index in [9.17, 15) is 0 Å². The first-order valence-electron chi connectivity index (χ1n) is 6.32. The quantitative estimate of drug-likeness (QED) is 0.632. The molecule has 0 saturated heterocycles. The van der Waals surface area contributed by atoms with Gasteiger partial charge in [0.1, 0.15) is 5.69 Å². The first kappa shape index (κ1) is 13.6. The van der Waals surface area contributed by atoms with Crippen molar-refractivity contribution in [1.29, 1.82) is 0 Å². The molecule has 0 bridgehead atoms. The first-order chi connectivity index (χ1) is 9.21. The van der Waals surface area contributed by atoms with Crippen LogP contribution in [-0.2, 0) is 13.5 Å². The number of rotatable bonds is 5. The molecule has 0 spiro atoms. The lowest BCUT2D eigenvalue weighted by Gasteiger charge is -2.18. The van der Waals surface area contributed by atoms with Crippen molar-refractivity contribution in [3.05, 3.63) is 47.3 Å². The Kier molecular flexibility index (Phi) is 4.19. The summed E-state index contributed by atoms with van der Waals surface area (Å²) in [5, 5.41) is 4.21. The summed E-state index contributed by atoms with van der Waals surface area (Å²) in [6.45, 7) is 2.14. The number of ether oxygens (including phenoxy) is 1. The fourth-order valence-corrected chi connectivity index (χ4v) is 2.19. The van der Waals surface area contributed by atoms with E-state index in [1.807, 2.05) is 7.05 Å². The third-order valence-electron chi connectivity index (χ3n) is 3.33. The van der Waals surface area contributed by atoms with Crippen LogP contribution in [0.25, 0.3) is 0 Å². The SMILES string of the molecule is CCc1ccc(C(NN)c2c(OC)cnn2C)cc1. The standard InChI is InChI=1S/C14H20N4O/c1-4-10-5-7-11(8-6-10)13(17-15)14-12(19-3)9-16-18(14)2/h5-9,13,17H,4,15H2,1-3H3. The van der Waals surface area contributed by atoms with Gasteiger partial charge in [0.15, 0.2) is 5.75 Å². The summed E-state index contributed by atoms with van der Waals surface area (Å²) in [7, 11) is 3.51.